The molecule has 0 heterocycles. The van der Waals surface area contributed by atoms with E-state index >= 15 is 0 Å². The van der Waals surface area contributed by atoms with Gasteiger partial charge in [0.1, 0.15) is 6.61 Å². The summed E-state index contributed by atoms with van der Waals surface area (Å²) in [6.07, 6.45) is 0. The molecule has 0 spiro atoms. The first kappa shape index (κ1) is 13.0. The van der Waals surface area contributed by atoms with Crippen molar-refractivity contribution in [3.8, 4) is 0 Å². The summed E-state index contributed by atoms with van der Waals surface area (Å²) in [7, 11) is 9.84. The molecule has 0 aliphatic heterocycles. The molecule has 0 aliphatic carbocycles. The molecule has 0 unspecified atom stereocenters. The molecule has 0 aromatic rings. The molecule has 4 heteroatoms. The molecule has 0 aliphatic rings. The Morgan fingerprint density at radius 1 is 1.36 bits per heavy atom. The topological polar surface area (TPSA) is 46.5 Å². The van der Waals surface area contributed by atoms with Crippen LogP contribution in [-0.2, 0) is 9.53 Å². The number of ether oxygens (including phenoxy) is 1. The van der Waals surface area contributed by atoms with Crippen molar-refractivity contribution in [3.05, 3.63) is 0 Å². The van der Waals surface area contributed by atoms with E-state index in [2.05, 4.69) is 32.9 Å². The molecule has 0 aromatic carbocycles. The van der Waals surface area contributed by atoms with Gasteiger partial charge in [-0.1, -0.05) is 0 Å². The van der Waals surface area contributed by atoms with E-state index in [1.165, 1.54) is 7.11 Å². The van der Waals surface area contributed by atoms with E-state index in [4.69, 9.17) is 5.11 Å². The van der Waals surface area contributed by atoms with Crippen molar-refractivity contribution < 1.29 is 19.1 Å². The average molecular weight is 164 g/mol. The highest BCUT2D eigenvalue weighted by molar-refractivity contribution is 5.67. The normalized spacial score (nSPS) is 9.91. The zero-order valence-electron chi connectivity index (χ0n) is 7.92. The molecule has 0 bridgehead atoms. The Hall–Kier alpha value is -0.610. The molecular weight excluding hydrogens is 146 g/mol. The van der Waals surface area contributed by atoms with Crippen LogP contribution in [0.15, 0.2) is 0 Å². The molecule has 0 amide bonds. The Balaban J connectivity index is 0. The SMILES string of the molecule is COCC(=O)O.C[N+](C)(C)C. The zero-order valence-corrected chi connectivity index (χ0v) is 7.92. The Bertz CT molecular complexity index is 101. The molecule has 1 N–H and O–H groups in total. The molecule has 0 atom stereocenters. The van der Waals surface area contributed by atoms with Crippen LogP contribution in [0.4, 0.5) is 0 Å². The number of carboxylic acid groups (broad SMARTS) is 1. The summed E-state index contributed by atoms with van der Waals surface area (Å²) in [6, 6.07) is 0. The predicted molar refractivity (Wildman–Crippen MR) is 43.5 cm³/mol. The molecule has 0 saturated heterocycles. The van der Waals surface area contributed by atoms with Crippen molar-refractivity contribution in [1.29, 1.82) is 0 Å². The van der Waals surface area contributed by atoms with Gasteiger partial charge < -0.3 is 14.3 Å². The van der Waals surface area contributed by atoms with Crippen LogP contribution in [0.3, 0.4) is 0 Å². The van der Waals surface area contributed by atoms with Crippen LogP contribution < -0.4 is 0 Å². The van der Waals surface area contributed by atoms with Crippen LogP contribution in [0.2, 0.25) is 0 Å². The van der Waals surface area contributed by atoms with Crippen LogP contribution in [0.25, 0.3) is 0 Å². The summed E-state index contributed by atoms with van der Waals surface area (Å²) in [5, 5.41) is 7.79. The first-order valence-corrected chi connectivity index (χ1v) is 3.27. The number of hydrogen-bond acceptors (Lipinski definition) is 2. The Labute approximate surface area is 68.0 Å². The van der Waals surface area contributed by atoms with Crippen molar-refractivity contribution in [3.63, 3.8) is 0 Å². The van der Waals surface area contributed by atoms with Gasteiger partial charge in [0.05, 0.1) is 28.2 Å². The van der Waals surface area contributed by atoms with E-state index in [1.807, 2.05) is 0 Å². The van der Waals surface area contributed by atoms with Gasteiger partial charge in [-0.15, -0.1) is 0 Å². The number of carbonyl (C=O) groups is 1. The molecule has 0 saturated carbocycles. The smallest absolute Gasteiger partial charge is 0.329 e. The van der Waals surface area contributed by atoms with Crippen LogP contribution in [-0.4, -0.2) is 57.5 Å². The van der Waals surface area contributed by atoms with Crippen molar-refractivity contribution in [2.45, 2.75) is 0 Å². The van der Waals surface area contributed by atoms with Gasteiger partial charge in [-0.25, -0.2) is 4.79 Å². The summed E-state index contributed by atoms with van der Waals surface area (Å²) in [5.41, 5.74) is 0. The molecule has 0 fully saturated rings. The first-order chi connectivity index (χ1) is 4.77. The highest BCUT2D eigenvalue weighted by Gasteiger charge is 1.88. The van der Waals surface area contributed by atoms with Gasteiger partial charge in [-0.05, 0) is 0 Å². The summed E-state index contributed by atoms with van der Waals surface area (Å²) < 4.78 is 5.20. The molecular formula is C7H18NO3+. The number of nitrogens with zero attached hydrogens (tertiary/aromatic N) is 1. The molecule has 4 nitrogen and oxygen atoms in total. The lowest BCUT2D eigenvalue weighted by Gasteiger charge is -2.14. The van der Waals surface area contributed by atoms with E-state index < -0.39 is 5.97 Å². The summed E-state index contributed by atoms with van der Waals surface area (Å²) in [5.74, 6) is -0.933. The second kappa shape index (κ2) is 6.12. The second-order valence-corrected chi connectivity index (χ2v) is 3.51. The molecule has 0 aromatic heterocycles. The maximum Gasteiger partial charge on any atom is 0.329 e. The number of hydrogen-bond donors (Lipinski definition) is 1. The number of quaternary nitrogens is 1. The second-order valence-electron chi connectivity index (χ2n) is 3.51. The van der Waals surface area contributed by atoms with E-state index in [1.54, 1.807) is 0 Å². The van der Waals surface area contributed by atoms with Crippen LogP contribution in [0.5, 0.6) is 0 Å². The van der Waals surface area contributed by atoms with Crippen molar-refractivity contribution >= 4 is 5.97 Å². The lowest BCUT2D eigenvalue weighted by Crippen LogP contribution is -2.27. The highest BCUT2D eigenvalue weighted by atomic mass is 16.5. The number of carboxylic acids is 1. The lowest BCUT2D eigenvalue weighted by atomic mass is 10.8. The third-order valence-corrected chi connectivity index (χ3v) is 0.268. The van der Waals surface area contributed by atoms with Gasteiger partial charge in [-0.3, -0.25) is 0 Å². The molecule has 11 heavy (non-hydrogen) atoms. The van der Waals surface area contributed by atoms with Crippen molar-refractivity contribution in [2.75, 3.05) is 41.9 Å². The van der Waals surface area contributed by atoms with Gasteiger partial charge >= 0.3 is 5.97 Å². The third-order valence-electron chi connectivity index (χ3n) is 0.268. The Kier molecular flexibility index (Phi) is 7.24. The van der Waals surface area contributed by atoms with Crippen molar-refractivity contribution in [1.82, 2.24) is 0 Å². The average Bonchev–Trinajstić information content (AvgIpc) is 1.58. The van der Waals surface area contributed by atoms with Gasteiger partial charge in [-0.2, -0.15) is 0 Å². The molecule has 0 rings (SSSR count). The first-order valence-electron chi connectivity index (χ1n) is 3.27. The van der Waals surface area contributed by atoms with Crippen molar-refractivity contribution in [2.24, 2.45) is 0 Å². The fraction of sp³-hybridized carbons (Fsp3) is 0.857. The lowest BCUT2D eigenvalue weighted by molar-refractivity contribution is -0.849. The maximum atomic E-state index is 9.47. The van der Waals surface area contributed by atoms with Crippen LogP contribution in [0.1, 0.15) is 0 Å². The Morgan fingerprint density at radius 2 is 1.64 bits per heavy atom. The van der Waals surface area contributed by atoms with Gasteiger partial charge in [0, 0.05) is 7.11 Å². The van der Waals surface area contributed by atoms with Gasteiger partial charge in [0.25, 0.3) is 0 Å². The zero-order chi connectivity index (χ0) is 9.49. The largest absolute Gasteiger partial charge is 0.480 e. The van der Waals surface area contributed by atoms with Gasteiger partial charge in [0.15, 0.2) is 0 Å². The monoisotopic (exact) mass is 164 g/mol. The fourth-order valence-corrected chi connectivity index (χ4v) is 0.123. The third kappa shape index (κ3) is 89.8. The molecule has 68 valence electrons. The fourth-order valence-electron chi connectivity index (χ4n) is 0.123. The predicted octanol–water partition coefficient (Wildman–Crippen LogP) is 0.0398. The standard InChI is InChI=1S/C4H12N.C3H6O3/c1-5(2,3)4;1-6-2-3(4)5/h1-4H3;2H2,1H3,(H,4,5)/q+1;. The van der Waals surface area contributed by atoms with E-state index in [0.717, 1.165) is 4.48 Å². The summed E-state index contributed by atoms with van der Waals surface area (Å²) in [6.45, 7) is -0.208. The Morgan fingerprint density at radius 3 is 1.64 bits per heavy atom. The maximum absolute atomic E-state index is 9.47. The minimum atomic E-state index is -0.933. The minimum absolute atomic E-state index is 0.208. The summed E-state index contributed by atoms with van der Waals surface area (Å²) >= 11 is 0. The highest BCUT2D eigenvalue weighted by Crippen LogP contribution is 1.73. The number of rotatable bonds is 2. The summed E-state index contributed by atoms with van der Waals surface area (Å²) in [4.78, 5) is 9.47. The minimum Gasteiger partial charge on any atom is -0.480 e. The van der Waals surface area contributed by atoms with Crippen LogP contribution in [0, 0.1) is 0 Å². The molecule has 0 radical (unpaired) electrons. The van der Waals surface area contributed by atoms with Crippen LogP contribution >= 0.6 is 0 Å². The number of aliphatic carboxylic acids is 1. The quantitative estimate of drug-likeness (QED) is 0.586. The van der Waals surface area contributed by atoms with E-state index in [-0.39, 0.29) is 6.61 Å². The number of methoxy groups -OCH3 is 1. The van der Waals surface area contributed by atoms with E-state index in [0.29, 0.717) is 0 Å². The van der Waals surface area contributed by atoms with E-state index in [9.17, 15) is 4.79 Å². The van der Waals surface area contributed by atoms with Gasteiger partial charge in [0.2, 0.25) is 0 Å².